The third kappa shape index (κ3) is 3.95. The second-order valence-electron chi connectivity index (χ2n) is 8.79. The van der Waals surface area contributed by atoms with Crippen LogP contribution < -0.4 is 0 Å². The van der Waals surface area contributed by atoms with E-state index < -0.39 is 0 Å². The number of hydrogen-bond donors (Lipinski definition) is 0. The van der Waals surface area contributed by atoms with Crippen molar-refractivity contribution >= 4 is 5.57 Å². The maximum atomic E-state index is 4.10. The molecule has 2 rings (SSSR count). The molecule has 0 aromatic heterocycles. The standard InChI is InChI=1S/C26H36/c1-9-19-13-14-20-15-16-22(26(7,8)12-4)18-24(20)23(19)17-21(10-2)25(5,6)11-3/h9-10,15-18H,1-2,11-14H2,3-8H3/b21-17+. The molecule has 0 nitrogen and oxygen atoms in total. The van der Waals surface area contributed by atoms with Gasteiger partial charge < -0.3 is 0 Å². The molecule has 0 spiro atoms. The van der Waals surface area contributed by atoms with E-state index in [4.69, 9.17) is 0 Å². The van der Waals surface area contributed by atoms with Crippen LogP contribution in [0, 0.1) is 5.41 Å². The van der Waals surface area contributed by atoms with E-state index in [1.807, 2.05) is 12.2 Å². The first-order valence-electron chi connectivity index (χ1n) is 10.0. The molecule has 26 heavy (non-hydrogen) atoms. The van der Waals surface area contributed by atoms with Gasteiger partial charge >= 0.3 is 0 Å². The van der Waals surface area contributed by atoms with E-state index >= 15 is 0 Å². The van der Waals surface area contributed by atoms with Gasteiger partial charge in [-0.3, -0.25) is 0 Å². The Labute approximate surface area is 161 Å². The predicted octanol–water partition coefficient (Wildman–Crippen LogP) is 7.81. The molecule has 1 aromatic carbocycles. The van der Waals surface area contributed by atoms with Crippen LogP contribution in [0.2, 0.25) is 0 Å². The summed E-state index contributed by atoms with van der Waals surface area (Å²) in [6, 6.07) is 7.09. The molecule has 140 valence electrons. The third-order valence-electron chi connectivity index (χ3n) is 6.51. The van der Waals surface area contributed by atoms with Crippen LogP contribution in [-0.2, 0) is 11.8 Å². The van der Waals surface area contributed by atoms with E-state index in [1.54, 1.807) is 0 Å². The molecule has 0 saturated heterocycles. The lowest BCUT2D eigenvalue weighted by molar-refractivity contribution is 0.440. The molecule has 1 aromatic rings. The van der Waals surface area contributed by atoms with Crippen LogP contribution in [0.25, 0.3) is 5.57 Å². The first kappa shape index (κ1) is 20.5. The minimum Gasteiger partial charge on any atom is -0.0988 e. The van der Waals surface area contributed by atoms with Crippen molar-refractivity contribution in [1.29, 1.82) is 0 Å². The summed E-state index contributed by atoms with van der Waals surface area (Å²) in [4.78, 5) is 0. The van der Waals surface area contributed by atoms with Crippen molar-refractivity contribution in [3.05, 3.63) is 77.4 Å². The second-order valence-corrected chi connectivity index (χ2v) is 8.79. The highest BCUT2D eigenvalue weighted by molar-refractivity contribution is 5.83. The SMILES string of the molecule is C=CC1=C(/C=C(\C=C)C(C)(C)CC)c2cc(C(C)(C)CC)ccc2CC1. The van der Waals surface area contributed by atoms with Crippen LogP contribution in [0.4, 0.5) is 0 Å². The molecule has 0 heteroatoms. The molecule has 0 radical (unpaired) electrons. The fourth-order valence-electron chi connectivity index (χ4n) is 3.52. The van der Waals surface area contributed by atoms with Gasteiger partial charge in [0.25, 0.3) is 0 Å². The van der Waals surface area contributed by atoms with Crippen molar-refractivity contribution in [3.8, 4) is 0 Å². The first-order chi connectivity index (χ1) is 12.2. The normalized spacial score (nSPS) is 15.7. The van der Waals surface area contributed by atoms with Gasteiger partial charge in [0.05, 0.1) is 0 Å². The maximum Gasteiger partial charge on any atom is -0.0106 e. The van der Waals surface area contributed by atoms with E-state index in [9.17, 15) is 0 Å². The van der Waals surface area contributed by atoms with E-state index in [1.165, 1.54) is 33.4 Å². The van der Waals surface area contributed by atoms with Crippen LogP contribution in [0.3, 0.4) is 0 Å². The molecule has 0 unspecified atom stereocenters. The Hall–Kier alpha value is -1.82. The average molecular weight is 349 g/mol. The average Bonchev–Trinajstić information content (AvgIpc) is 2.65. The molecular weight excluding hydrogens is 312 g/mol. The number of rotatable bonds is 7. The highest BCUT2D eigenvalue weighted by Gasteiger charge is 2.24. The Balaban J connectivity index is 2.69. The maximum absolute atomic E-state index is 4.10. The van der Waals surface area contributed by atoms with Crippen LogP contribution in [0.1, 0.15) is 77.5 Å². The van der Waals surface area contributed by atoms with Crippen molar-refractivity contribution in [1.82, 2.24) is 0 Å². The molecule has 0 saturated carbocycles. The molecule has 0 atom stereocenters. The highest BCUT2D eigenvalue weighted by Crippen LogP contribution is 2.40. The van der Waals surface area contributed by atoms with Gasteiger partial charge in [0, 0.05) is 0 Å². The minimum atomic E-state index is 0.124. The number of aryl methyl sites for hydroxylation is 1. The van der Waals surface area contributed by atoms with Gasteiger partial charge in [-0.25, -0.2) is 0 Å². The molecule has 1 aliphatic rings. The Morgan fingerprint density at radius 1 is 1.04 bits per heavy atom. The summed E-state index contributed by atoms with van der Waals surface area (Å²) in [5, 5.41) is 0. The van der Waals surface area contributed by atoms with Gasteiger partial charge in [0.1, 0.15) is 0 Å². The zero-order chi connectivity index (χ0) is 19.5. The Morgan fingerprint density at radius 2 is 1.73 bits per heavy atom. The first-order valence-corrected chi connectivity index (χ1v) is 10.0. The smallest absolute Gasteiger partial charge is 0.0106 e. The highest BCUT2D eigenvalue weighted by atomic mass is 14.3. The minimum absolute atomic E-state index is 0.124. The summed E-state index contributed by atoms with van der Waals surface area (Å²) in [6.45, 7) is 22.0. The van der Waals surface area contributed by atoms with E-state index in [-0.39, 0.29) is 10.8 Å². The van der Waals surface area contributed by atoms with Crippen LogP contribution >= 0.6 is 0 Å². The van der Waals surface area contributed by atoms with Gasteiger partial charge in [0.2, 0.25) is 0 Å². The van der Waals surface area contributed by atoms with E-state index in [2.05, 4.69) is 79.0 Å². The molecule has 1 aliphatic carbocycles. The number of benzene rings is 1. The Kier molecular flexibility index (Phi) is 6.17. The fourth-order valence-corrected chi connectivity index (χ4v) is 3.52. The van der Waals surface area contributed by atoms with Crippen LogP contribution in [0.15, 0.2) is 60.7 Å². The summed E-state index contributed by atoms with van der Waals surface area (Å²) in [5.41, 5.74) is 8.58. The lowest BCUT2D eigenvalue weighted by atomic mass is 9.75. The van der Waals surface area contributed by atoms with Crippen LogP contribution in [0.5, 0.6) is 0 Å². The molecule has 0 fully saturated rings. The van der Waals surface area contributed by atoms with Crippen molar-refractivity contribution in [2.75, 3.05) is 0 Å². The van der Waals surface area contributed by atoms with E-state index in [0.717, 1.165) is 25.7 Å². The van der Waals surface area contributed by atoms with Crippen molar-refractivity contribution in [3.63, 3.8) is 0 Å². The largest absolute Gasteiger partial charge is 0.0988 e. The van der Waals surface area contributed by atoms with Gasteiger partial charge in [-0.05, 0) is 69.9 Å². The quantitative estimate of drug-likeness (QED) is 0.441. The summed E-state index contributed by atoms with van der Waals surface area (Å²) in [6.07, 6.45) is 10.8. The molecule has 0 N–H and O–H groups in total. The molecule has 0 heterocycles. The molecular formula is C26H36. The zero-order valence-electron chi connectivity index (χ0n) is 17.7. The molecule has 0 bridgehead atoms. The lowest BCUT2D eigenvalue weighted by Crippen LogP contribution is -2.17. The fraction of sp³-hybridized carbons (Fsp3) is 0.462. The molecule has 0 aliphatic heterocycles. The number of hydrogen-bond acceptors (Lipinski definition) is 0. The van der Waals surface area contributed by atoms with Crippen LogP contribution in [-0.4, -0.2) is 0 Å². The summed E-state index contributed by atoms with van der Waals surface area (Å²) < 4.78 is 0. The van der Waals surface area contributed by atoms with Gasteiger partial charge in [-0.1, -0.05) is 91.1 Å². The lowest BCUT2D eigenvalue weighted by Gasteiger charge is -2.29. The van der Waals surface area contributed by atoms with Gasteiger partial charge in [-0.15, -0.1) is 0 Å². The molecule has 0 amide bonds. The zero-order valence-corrected chi connectivity index (χ0v) is 17.7. The van der Waals surface area contributed by atoms with Gasteiger partial charge in [-0.2, -0.15) is 0 Å². The summed E-state index contributed by atoms with van der Waals surface area (Å²) >= 11 is 0. The topological polar surface area (TPSA) is 0 Å². The summed E-state index contributed by atoms with van der Waals surface area (Å²) in [5.74, 6) is 0. The van der Waals surface area contributed by atoms with E-state index in [0.29, 0.717) is 0 Å². The third-order valence-corrected chi connectivity index (χ3v) is 6.51. The van der Waals surface area contributed by atoms with Crippen molar-refractivity contribution in [2.24, 2.45) is 5.41 Å². The monoisotopic (exact) mass is 348 g/mol. The predicted molar refractivity (Wildman–Crippen MR) is 118 cm³/mol. The number of fused-ring (bicyclic) bond motifs is 1. The second kappa shape index (κ2) is 7.82. The Morgan fingerprint density at radius 3 is 2.27 bits per heavy atom. The van der Waals surface area contributed by atoms with Gasteiger partial charge in [0.15, 0.2) is 0 Å². The summed E-state index contributed by atoms with van der Waals surface area (Å²) in [7, 11) is 0. The number of allylic oxidation sites excluding steroid dienone is 6. The van der Waals surface area contributed by atoms with Crippen molar-refractivity contribution < 1.29 is 0 Å². The Bertz CT molecular complexity index is 750. The van der Waals surface area contributed by atoms with Crippen molar-refractivity contribution in [2.45, 2.75) is 72.6 Å².